The van der Waals surface area contributed by atoms with Gasteiger partial charge in [-0.1, -0.05) is 19.0 Å². The average molecular weight is 129 g/mol. The molecule has 1 heterocycles. The fourth-order valence-corrected chi connectivity index (χ4v) is 0.615. The van der Waals surface area contributed by atoms with Gasteiger partial charge in [-0.05, 0) is 0 Å². The van der Waals surface area contributed by atoms with Crippen LogP contribution in [0.15, 0.2) is 10.8 Å². The van der Waals surface area contributed by atoms with Crippen molar-refractivity contribution in [1.82, 2.24) is 5.16 Å². The fourth-order valence-electron chi connectivity index (χ4n) is 0.615. The largest absolute Gasteiger partial charge is 0.361 e. The van der Waals surface area contributed by atoms with Gasteiger partial charge >= 0.3 is 0 Å². The van der Waals surface area contributed by atoms with Gasteiger partial charge in [0.15, 0.2) is 12.1 Å². The molecule has 0 bridgehead atoms. The van der Waals surface area contributed by atoms with Gasteiger partial charge in [0.2, 0.25) is 0 Å². The van der Waals surface area contributed by atoms with E-state index in [0.717, 1.165) is 6.26 Å². The maximum absolute atomic E-state index is 12.4. The van der Waals surface area contributed by atoms with Crippen molar-refractivity contribution < 1.29 is 8.91 Å². The Labute approximate surface area is 52.7 Å². The molecule has 0 fully saturated rings. The zero-order chi connectivity index (χ0) is 6.85. The fraction of sp³-hybridized carbons (Fsp3) is 0.500. The Morgan fingerprint density at radius 2 is 2.33 bits per heavy atom. The summed E-state index contributed by atoms with van der Waals surface area (Å²) in [4.78, 5) is 0. The maximum atomic E-state index is 12.4. The molecule has 0 amide bonds. The molecule has 3 heteroatoms. The molecule has 0 saturated carbocycles. The summed E-state index contributed by atoms with van der Waals surface area (Å²) >= 11 is 0. The van der Waals surface area contributed by atoms with Crippen LogP contribution in [0.5, 0.6) is 0 Å². The lowest BCUT2D eigenvalue weighted by atomic mass is 10.1. The number of hydrogen-bond donors (Lipinski definition) is 0. The SMILES string of the molecule is CC(C)c1nocc1F. The van der Waals surface area contributed by atoms with Crippen molar-refractivity contribution in [3.05, 3.63) is 17.8 Å². The maximum Gasteiger partial charge on any atom is 0.186 e. The lowest BCUT2D eigenvalue weighted by molar-refractivity contribution is 0.406. The summed E-state index contributed by atoms with van der Waals surface area (Å²) in [5.74, 6) is -0.256. The Hall–Kier alpha value is -0.860. The highest BCUT2D eigenvalue weighted by Gasteiger charge is 2.09. The van der Waals surface area contributed by atoms with Crippen molar-refractivity contribution in [2.24, 2.45) is 0 Å². The van der Waals surface area contributed by atoms with Crippen LogP contribution in [0.3, 0.4) is 0 Å². The Morgan fingerprint density at radius 1 is 1.67 bits per heavy atom. The van der Waals surface area contributed by atoms with Gasteiger partial charge in [-0.2, -0.15) is 0 Å². The molecule has 0 spiro atoms. The van der Waals surface area contributed by atoms with Crippen molar-refractivity contribution in [1.29, 1.82) is 0 Å². The van der Waals surface area contributed by atoms with Crippen LogP contribution in [0, 0.1) is 5.82 Å². The van der Waals surface area contributed by atoms with Crippen molar-refractivity contribution in [2.75, 3.05) is 0 Å². The molecule has 0 radical (unpaired) electrons. The summed E-state index contributed by atoms with van der Waals surface area (Å²) in [5, 5.41) is 3.47. The Kier molecular flexibility index (Phi) is 1.51. The first-order valence-electron chi connectivity index (χ1n) is 2.81. The Balaban J connectivity index is 2.94. The highest BCUT2D eigenvalue weighted by molar-refractivity contribution is 5.03. The molecule has 0 aliphatic rings. The predicted octanol–water partition coefficient (Wildman–Crippen LogP) is 1.94. The summed E-state index contributed by atoms with van der Waals surface area (Å²) in [6.45, 7) is 3.72. The van der Waals surface area contributed by atoms with E-state index in [4.69, 9.17) is 0 Å². The van der Waals surface area contributed by atoms with Crippen LogP contribution in [0.4, 0.5) is 4.39 Å². The van der Waals surface area contributed by atoms with E-state index in [0.29, 0.717) is 5.69 Å². The van der Waals surface area contributed by atoms with Crippen LogP contribution in [-0.4, -0.2) is 5.16 Å². The lowest BCUT2D eigenvalue weighted by Gasteiger charge is -1.94. The van der Waals surface area contributed by atoms with Gasteiger partial charge in [0.25, 0.3) is 0 Å². The smallest absolute Gasteiger partial charge is 0.186 e. The van der Waals surface area contributed by atoms with E-state index in [1.54, 1.807) is 0 Å². The van der Waals surface area contributed by atoms with Gasteiger partial charge in [0, 0.05) is 5.92 Å². The second-order valence-electron chi connectivity index (χ2n) is 2.20. The third kappa shape index (κ3) is 1.09. The topological polar surface area (TPSA) is 26.0 Å². The van der Waals surface area contributed by atoms with E-state index in [2.05, 4.69) is 9.68 Å². The standard InChI is InChI=1S/C6H8FNO/c1-4(2)6-5(7)3-9-8-6/h3-4H,1-2H3. The van der Waals surface area contributed by atoms with Gasteiger partial charge < -0.3 is 4.52 Å². The quantitative estimate of drug-likeness (QED) is 0.579. The molecule has 0 N–H and O–H groups in total. The molecule has 2 nitrogen and oxygen atoms in total. The van der Waals surface area contributed by atoms with Crippen molar-refractivity contribution >= 4 is 0 Å². The number of rotatable bonds is 1. The molecule has 1 aromatic rings. The van der Waals surface area contributed by atoms with Crippen LogP contribution in [0.1, 0.15) is 25.5 Å². The predicted molar refractivity (Wildman–Crippen MR) is 30.5 cm³/mol. The number of halogens is 1. The zero-order valence-corrected chi connectivity index (χ0v) is 5.39. The molecule has 9 heavy (non-hydrogen) atoms. The lowest BCUT2D eigenvalue weighted by Crippen LogP contribution is -1.89. The van der Waals surface area contributed by atoms with E-state index >= 15 is 0 Å². The summed E-state index contributed by atoms with van der Waals surface area (Å²) in [5.41, 5.74) is 0.398. The van der Waals surface area contributed by atoms with E-state index in [1.807, 2.05) is 13.8 Å². The highest BCUT2D eigenvalue weighted by Crippen LogP contribution is 2.14. The van der Waals surface area contributed by atoms with Gasteiger partial charge in [-0.25, -0.2) is 4.39 Å². The molecule has 1 aromatic heterocycles. The second-order valence-corrected chi connectivity index (χ2v) is 2.20. The van der Waals surface area contributed by atoms with E-state index in [-0.39, 0.29) is 11.7 Å². The summed E-state index contributed by atoms with van der Waals surface area (Å²) in [6, 6.07) is 0. The molecule has 0 aromatic carbocycles. The van der Waals surface area contributed by atoms with Crippen LogP contribution < -0.4 is 0 Å². The summed E-state index contributed by atoms with van der Waals surface area (Å²) in [6.07, 6.45) is 1.01. The first-order chi connectivity index (χ1) is 4.22. The molecule has 50 valence electrons. The monoisotopic (exact) mass is 129 g/mol. The number of hydrogen-bond acceptors (Lipinski definition) is 2. The first kappa shape index (κ1) is 6.26. The zero-order valence-electron chi connectivity index (χ0n) is 5.39. The summed E-state index contributed by atoms with van der Waals surface area (Å²) < 4.78 is 16.8. The van der Waals surface area contributed by atoms with Crippen molar-refractivity contribution in [3.63, 3.8) is 0 Å². The molecule has 0 atom stereocenters. The van der Waals surface area contributed by atoms with Crippen molar-refractivity contribution in [2.45, 2.75) is 19.8 Å². The van der Waals surface area contributed by atoms with E-state index in [9.17, 15) is 4.39 Å². The van der Waals surface area contributed by atoms with E-state index < -0.39 is 0 Å². The minimum Gasteiger partial charge on any atom is -0.361 e. The van der Waals surface area contributed by atoms with Crippen LogP contribution >= 0.6 is 0 Å². The minimum absolute atomic E-state index is 0.101. The van der Waals surface area contributed by atoms with Crippen LogP contribution in [0.2, 0.25) is 0 Å². The second kappa shape index (κ2) is 2.17. The molecule has 0 aliphatic carbocycles. The Bertz CT molecular complexity index is 195. The molecule has 0 aliphatic heterocycles. The third-order valence-electron chi connectivity index (χ3n) is 1.10. The van der Waals surface area contributed by atoms with E-state index in [1.165, 1.54) is 0 Å². The molecule has 1 rings (SSSR count). The highest BCUT2D eigenvalue weighted by atomic mass is 19.1. The van der Waals surface area contributed by atoms with Gasteiger partial charge in [0.1, 0.15) is 5.69 Å². The summed E-state index contributed by atoms with van der Waals surface area (Å²) in [7, 11) is 0. The van der Waals surface area contributed by atoms with Crippen LogP contribution in [-0.2, 0) is 0 Å². The third-order valence-corrected chi connectivity index (χ3v) is 1.10. The minimum atomic E-state index is -0.356. The first-order valence-corrected chi connectivity index (χ1v) is 2.81. The van der Waals surface area contributed by atoms with Gasteiger partial charge in [-0.3, -0.25) is 0 Å². The molecular formula is C6H8FNO. The molecular weight excluding hydrogens is 121 g/mol. The normalized spacial score (nSPS) is 10.7. The number of nitrogens with zero attached hydrogens (tertiary/aromatic N) is 1. The van der Waals surface area contributed by atoms with Crippen molar-refractivity contribution in [3.8, 4) is 0 Å². The van der Waals surface area contributed by atoms with Gasteiger partial charge in [-0.15, -0.1) is 0 Å². The Morgan fingerprint density at radius 3 is 2.56 bits per heavy atom. The average Bonchev–Trinajstić information content (AvgIpc) is 2.13. The molecule has 0 unspecified atom stereocenters. The van der Waals surface area contributed by atoms with Crippen LogP contribution in [0.25, 0.3) is 0 Å². The number of aromatic nitrogens is 1. The molecule has 0 saturated heterocycles. The van der Waals surface area contributed by atoms with Gasteiger partial charge in [0.05, 0.1) is 0 Å².